The van der Waals surface area contributed by atoms with Crippen LogP contribution in [0.5, 0.6) is 0 Å². The number of nitrogens with zero attached hydrogens (tertiary/aromatic N) is 1. The van der Waals surface area contributed by atoms with E-state index >= 15 is 0 Å². The van der Waals surface area contributed by atoms with E-state index in [9.17, 15) is 4.79 Å². The highest BCUT2D eigenvalue weighted by molar-refractivity contribution is 5.83. The van der Waals surface area contributed by atoms with E-state index in [1.165, 1.54) is 0 Å². The van der Waals surface area contributed by atoms with Crippen molar-refractivity contribution in [2.75, 3.05) is 20.3 Å². The molecule has 1 heterocycles. The summed E-state index contributed by atoms with van der Waals surface area (Å²) >= 11 is 0. The van der Waals surface area contributed by atoms with E-state index in [2.05, 4.69) is 5.32 Å². The van der Waals surface area contributed by atoms with Gasteiger partial charge in [-0.2, -0.15) is 0 Å². The maximum atomic E-state index is 11.7. The lowest BCUT2D eigenvalue weighted by Gasteiger charge is -2.28. The van der Waals surface area contributed by atoms with Gasteiger partial charge in [0.1, 0.15) is 0 Å². The molecule has 0 radical (unpaired) electrons. The second kappa shape index (κ2) is 4.28. The maximum Gasteiger partial charge on any atom is 0.240 e. The van der Waals surface area contributed by atoms with Crippen LogP contribution in [0.2, 0.25) is 0 Å². The lowest BCUT2D eigenvalue weighted by molar-refractivity contribution is -0.132. The molecule has 1 aliphatic rings. The summed E-state index contributed by atoms with van der Waals surface area (Å²) in [6.45, 7) is 7.27. The first-order valence-electron chi connectivity index (χ1n) is 5.07. The molecule has 1 rings (SSSR count). The Kier molecular flexibility index (Phi) is 3.50. The summed E-state index contributed by atoms with van der Waals surface area (Å²) in [7, 11) is 1.67. The first kappa shape index (κ1) is 11.5. The van der Waals surface area contributed by atoms with Crippen LogP contribution in [0.1, 0.15) is 27.2 Å². The van der Waals surface area contributed by atoms with Gasteiger partial charge >= 0.3 is 0 Å². The van der Waals surface area contributed by atoms with Crippen LogP contribution >= 0.6 is 0 Å². The van der Waals surface area contributed by atoms with Gasteiger partial charge in [0.15, 0.2) is 0 Å². The number of methoxy groups -OCH3 is 1. The van der Waals surface area contributed by atoms with E-state index in [4.69, 9.17) is 4.74 Å². The molecule has 4 nitrogen and oxygen atoms in total. The van der Waals surface area contributed by atoms with Crippen LogP contribution in [-0.4, -0.2) is 42.8 Å². The molecule has 1 N–H and O–H groups in total. The molecule has 0 spiro atoms. The van der Waals surface area contributed by atoms with Crippen molar-refractivity contribution in [3.63, 3.8) is 0 Å². The number of hydrogen-bond donors (Lipinski definition) is 1. The van der Waals surface area contributed by atoms with Crippen LogP contribution in [0.3, 0.4) is 0 Å². The monoisotopic (exact) mass is 200 g/mol. The third kappa shape index (κ3) is 2.45. The molecule has 0 bridgehead atoms. The summed E-state index contributed by atoms with van der Waals surface area (Å²) in [5.41, 5.74) is -0.264. The Hall–Kier alpha value is -0.610. The molecule has 4 heteroatoms. The number of ether oxygens (including phenoxy) is 1. The highest BCUT2D eigenvalue weighted by atomic mass is 16.5. The summed E-state index contributed by atoms with van der Waals surface area (Å²) in [5.74, 6) is 0.192. The third-order valence-corrected chi connectivity index (χ3v) is 2.67. The van der Waals surface area contributed by atoms with Crippen molar-refractivity contribution in [2.24, 2.45) is 0 Å². The number of rotatable bonds is 4. The Labute approximate surface area is 85.6 Å². The van der Waals surface area contributed by atoms with E-state index in [1.54, 1.807) is 7.11 Å². The molecule has 1 fully saturated rings. The second-order valence-corrected chi connectivity index (χ2v) is 4.32. The zero-order valence-corrected chi connectivity index (χ0v) is 9.46. The van der Waals surface area contributed by atoms with Crippen LogP contribution in [0.15, 0.2) is 0 Å². The molecule has 0 saturated carbocycles. The quantitative estimate of drug-likeness (QED) is 0.721. The first-order valence-corrected chi connectivity index (χ1v) is 5.07. The highest BCUT2D eigenvalue weighted by Gasteiger charge is 2.33. The zero-order chi connectivity index (χ0) is 10.8. The molecule has 1 aliphatic heterocycles. The van der Waals surface area contributed by atoms with E-state index in [0.717, 1.165) is 6.42 Å². The van der Waals surface area contributed by atoms with Gasteiger partial charge in [0.05, 0.1) is 24.9 Å². The predicted octanol–water partition coefficient (Wildman–Crippen LogP) is 0.579. The standard InChI is InChI=1S/C10H20N2O2/c1-5-8-9(13)12(7-11-8)6-10(2,3)14-4/h8,11H,5-7H2,1-4H3. The number of nitrogens with one attached hydrogen (secondary N) is 1. The van der Waals surface area contributed by atoms with E-state index < -0.39 is 0 Å². The van der Waals surface area contributed by atoms with Gasteiger partial charge < -0.3 is 9.64 Å². The molecule has 0 aromatic rings. The van der Waals surface area contributed by atoms with Crippen molar-refractivity contribution < 1.29 is 9.53 Å². The highest BCUT2D eigenvalue weighted by Crippen LogP contribution is 2.14. The van der Waals surface area contributed by atoms with Crippen molar-refractivity contribution >= 4 is 5.91 Å². The Morgan fingerprint density at radius 1 is 1.64 bits per heavy atom. The van der Waals surface area contributed by atoms with Crippen LogP contribution in [-0.2, 0) is 9.53 Å². The zero-order valence-electron chi connectivity index (χ0n) is 9.46. The second-order valence-electron chi connectivity index (χ2n) is 4.32. The summed E-state index contributed by atoms with van der Waals surface area (Å²) in [6, 6.07) is 0.00246. The van der Waals surface area contributed by atoms with Crippen LogP contribution in [0, 0.1) is 0 Å². The number of hydrogen-bond acceptors (Lipinski definition) is 3. The van der Waals surface area contributed by atoms with Crippen LogP contribution < -0.4 is 5.32 Å². The fraction of sp³-hybridized carbons (Fsp3) is 0.900. The Morgan fingerprint density at radius 2 is 2.29 bits per heavy atom. The van der Waals surface area contributed by atoms with Gasteiger partial charge in [-0.15, -0.1) is 0 Å². The summed E-state index contributed by atoms with van der Waals surface area (Å²) < 4.78 is 5.30. The molecule has 0 aromatic heterocycles. The number of amides is 1. The summed E-state index contributed by atoms with van der Waals surface area (Å²) in [5, 5.41) is 3.17. The van der Waals surface area contributed by atoms with Gasteiger partial charge in [0.2, 0.25) is 5.91 Å². The molecule has 0 aromatic carbocycles. The molecular weight excluding hydrogens is 180 g/mol. The van der Waals surface area contributed by atoms with Gasteiger partial charge in [-0.3, -0.25) is 10.1 Å². The lowest BCUT2D eigenvalue weighted by Crippen LogP contribution is -2.42. The van der Waals surface area contributed by atoms with Gasteiger partial charge in [0, 0.05) is 7.11 Å². The normalized spacial score (nSPS) is 23.3. The van der Waals surface area contributed by atoms with Crippen LogP contribution in [0.4, 0.5) is 0 Å². The van der Waals surface area contributed by atoms with Gasteiger partial charge in [-0.1, -0.05) is 6.92 Å². The molecule has 1 unspecified atom stereocenters. The first-order chi connectivity index (χ1) is 6.50. The third-order valence-electron chi connectivity index (χ3n) is 2.67. The minimum Gasteiger partial charge on any atom is -0.377 e. The smallest absolute Gasteiger partial charge is 0.240 e. The molecule has 0 aliphatic carbocycles. The van der Waals surface area contributed by atoms with E-state index in [-0.39, 0.29) is 17.6 Å². The summed E-state index contributed by atoms with van der Waals surface area (Å²) in [6.07, 6.45) is 0.850. The number of carbonyl (C=O) groups is 1. The van der Waals surface area contributed by atoms with E-state index in [0.29, 0.717) is 13.2 Å². The Bertz CT molecular complexity index is 216. The van der Waals surface area contributed by atoms with Crippen molar-refractivity contribution in [1.82, 2.24) is 10.2 Å². The predicted molar refractivity (Wildman–Crippen MR) is 54.9 cm³/mol. The minimum absolute atomic E-state index is 0.00246. The SMILES string of the molecule is CCC1NCN(CC(C)(C)OC)C1=O. The van der Waals surface area contributed by atoms with Crippen molar-refractivity contribution in [2.45, 2.75) is 38.8 Å². The topological polar surface area (TPSA) is 41.6 Å². The van der Waals surface area contributed by atoms with Gasteiger partial charge in [-0.05, 0) is 20.3 Å². The summed E-state index contributed by atoms with van der Waals surface area (Å²) in [4.78, 5) is 13.6. The number of carbonyl (C=O) groups excluding carboxylic acids is 1. The molecule has 14 heavy (non-hydrogen) atoms. The fourth-order valence-corrected chi connectivity index (χ4v) is 1.58. The molecular formula is C10H20N2O2. The minimum atomic E-state index is -0.264. The lowest BCUT2D eigenvalue weighted by atomic mass is 10.1. The molecule has 1 saturated heterocycles. The molecule has 1 atom stereocenters. The molecule has 82 valence electrons. The molecule has 1 amide bonds. The van der Waals surface area contributed by atoms with E-state index in [1.807, 2.05) is 25.7 Å². The average molecular weight is 200 g/mol. The Morgan fingerprint density at radius 3 is 2.71 bits per heavy atom. The maximum absolute atomic E-state index is 11.7. The van der Waals surface area contributed by atoms with Crippen molar-refractivity contribution in [3.8, 4) is 0 Å². The van der Waals surface area contributed by atoms with Crippen LogP contribution in [0.25, 0.3) is 0 Å². The van der Waals surface area contributed by atoms with Gasteiger partial charge in [0.25, 0.3) is 0 Å². The van der Waals surface area contributed by atoms with Crippen molar-refractivity contribution in [3.05, 3.63) is 0 Å². The van der Waals surface area contributed by atoms with Gasteiger partial charge in [-0.25, -0.2) is 0 Å². The Balaban J connectivity index is 2.52. The average Bonchev–Trinajstić information content (AvgIpc) is 2.47. The fourth-order valence-electron chi connectivity index (χ4n) is 1.58. The van der Waals surface area contributed by atoms with Crippen molar-refractivity contribution in [1.29, 1.82) is 0 Å². The largest absolute Gasteiger partial charge is 0.377 e.